The third-order valence-electron chi connectivity index (χ3n) is 5.39. The Balaban J connectivity index is 1.34. The molecule has 150 valence electrons. The molecule has 2 aliphatic rings. The molecule has 0 bridgehead atoms. The van der Waals surface area contributed by atoms with Crippen LogP contribution >= 0.6 is 0 Å². The van der Waals surface area contributed by atoms with E-state index in [1.807, 2.05) is 35.2 Å². The summed E-state index contributed by atoms with van der Waals surface area (Å²) < 4.78 is 0. The van der Waals surface area contributed by atoms with E-state index in [1.54, 1.807) is 24.3 Å². The smallest absolute Gasteiger partial charge is 0.273 e. The summed E-state index contributed by atoms with van der Waals surface area (Å²) in [6, 6.07) is 16.8. The molecule has 4 rings (SSSR count). The van der Waals surface area contributed by atoms with Crippen LogP contribution in [0.3, 0.4) is 0 Å². The maximum atomic E-state index is 12.7. The lowest BCUT2D eigenvalue weighted by atomic mass is 10.0. The summed E-state index contributed by atoms with van der Waals surface area (Å²) in [4.78, 5) is 32.5. The first kappa shape index (κ1) is 19.2. The molecule has 1 saturated heterocycles. The highest BCUT2D eigenvalue weighted by molar-refractivity contribution is 6.43. The number of anilines is 1. The van der Waals surface area contributed by atoms with Crippen LogP contribution in [-0.2, 0) is 9.63 Å². The predicted octanol–water partition coefficient (Wildman–Crippen LogP) is 4.16. The number of amides is 2. The van der Waals surface area contributed by atoms with Gasteiger partial charge in [-0.3, -0.25) is 9.59 Å². The van der Waals surface area contributed by atoms with Gasteiger partial charge in [0.1, 0.15) is 5.71 Å². The van der Waals surface area contributed by atoms with Gasteiger partial charge in [-0.05, 0) is 42.7 Å². The van der Waals surface area contributed by atoms with Crippen LogP contribution in [0.15, 0.2) is 59.8 Å². The monoisotopic (exact) mass is 391 g/mol. The van der Waals surface area contributed by atoms with Crippen molar-refractivity contribution >= 4 is 23.2 Å². The third-order valence-corrected chi connectivity index (χ3v) is 5.39. The summed E-state index contributed by atoms with van der Waals surface area (Å²) in [5.74, 6) is -0.223. The quantitative estimate of drug-likeness (QED) is 0.851. The van der Waals surface area contributed by atoms with Crippen molar-refractivity contribution < 1.29 is 14.4 Å². The van der Waals surface area contributed by atoms with E-state index < -0.39 is 0 Å². The van der Waals surface area contributed by atoms with Gasteiger partial charge in [-0.15, -0.1) is 0 Å². The maximum absolute atomic E-state index is 12.7. The molecular formula is C23H25N3O3. The molecule has 1 unspecified atom stereocenters. The molecule has 2 aliphatic heterocycles. The van der Waals surface area contributed by atoms with Crippen molar-refractivity contribution in [3.8, 4) is 0 Å². The molecule has 1 N–H and O–H groups in total. The van der Waals surface area contributed by atoms with E-state index >= 15 is 0 Å². The van der Waals surface area contributed by atoms with Crippen molar-refractivity contribution in [2.45, 2.75) is 38.2 Å². The minimum Gasteiger partial charge on any atom is -0.387 e. The van der Waals surface area contributed by atoms with Gasteiger partial charge in [0, 0.05) is 30.8 Å². The lowest BCUT2D eigenvalue weighted by molar-refractivity contribution is -0.110. The Morgan fingerprint density at radius 1 is 0.931 bits per heavy atom. The Labute approximate surface area is 170 Å². The molecule has 6 heteroatoms. The largest absolute Gasteiger partial charge is 0.387 e. The summed E-state index contributed by atoms with van der Waals surface area (Å²) in [5, 5.41) is 6.79. The van der Waals surface area contributed by atoms with E-state index in [0.29, 0.717) is 23.4 Å². The third kappa shape index (κ3) is 4.65. The van der Waals surface area contributed by atoms with Crippen LogP contribution in [0.25, 0.3) is 0 Å². The topological polar surface area (TPSA) is 71.0 Å². The fourth-order valence-electron chi connectivity index (χ4n) is 3.71. The molecule has 0 saturated carbocycles. The number of carbonyl (C=O) groups is 2. The molecule has 0 aliphatic carbocycles. The van der Waals surface area contributed by atoms with Crippen LogP contribution in [0.2, 0.25) is 0 Å². The highest BCUT2D eigenvalue weighted by Crippen LogP contribution is 2.27. The molecule has 0 spiro atoms. The van der Waals surface area contributed by atoms with Crippen LogP contribution in [-0.4, -0.2) is 35.5 Å². The zero-order valence-electron chi connectivity index (χ0n) is 16.3. The van der Waals surface area contributed by atoms with Gasteiger partial charge in [-0.1, -0.05) is 48.3 Å². The molecule has 2 heterocycles. The highest BCUT2D eigenvalue weighted by Gasteiger charge is 2.27. The first-order chi connectivity index (χ1) is 14.2. The average molecular weight is 391 g/mol. The lowest BCUT2D eigenvalue weighted by Gasteiger charge is -2.20. The molecule has 2 aromatic rings. The number of nitrogens with one attached hydrogen (secondary N) is 1. The van der Waals surface area contributed by atoms with E-state index in [-0.39, 0.29) is 17.9 Å². The lowest BCUT2D eigenvalue weighted by Crippen LogP contribution is -2.31. The summed E-state index contributed by atoms with van der Waals surface area (Å²) in [7, 11) is 0. The fraction of sp³-hybridized carbons (Fsp3) is 0.348. The minimum atomic E-state index is -0.282. The highest BCUT2D eigenvalue weighted by atomic mass is 16.6. The molecule has 0 radical (unpaired) electrons. The second-order valence-electron chi connectivity index (χ2n) is 7.48. The Hall–Kier alpha value is -3.15. The van der Waals surface area contributed by atoms with Crippen molar-refractivity contribution in [2.75, 3.05) is 18.4 Å². The average Bonchev–Trinajstić information content (AvgIpc) is 3.10. The van der Waals surface area contributed by atoms with Gasteiger partial charge in [0.2, 0.25) is 0 Å². The number of benzene rings is 2. The first-order valence-corrected chi connectivity index (χ1v) is 10.2. The van der Waals surface area contributed by atoms with Gasteiger partial charge < -0.3 is 15.1 Å². The normalized spacial score (nSPS) is 19.1. The van der Waals surface area contributed by atoms with Crippen molar-refractivity contribution in [3.05, 3.63) is 65.7 Å². The van der Waals surface area contributed by atoms with Gasteiger partial charge in [-0.2, -0.15) is 0 Å². The number of rotatable bonds is 4. The van der Waals surface area contributed by atoms with Gasteiger partial charge in [0.05, 0.1) is 0 Å². The first-order valence-electron chi connectivity index (χ1n) is 10.2. The minimum absolute atomic E-state index is 0.0593. The van der Waals surface area contributed by atoms with Crippen molar-refractivity contribution in [1.82, 2.24) is 4.90 Å². The summed E-state index contributed by atoms with van der Waals surface area (Å²) in [6.07, 6.45) is 4.70. The van der Waals surface area contributed by atoms with E-state index in [0.717, 1.165) is 31.5 Å². The summed E-state index contributed by atoms with van der Waals surface area (Å²) in [5.41, 5.74) is 2.64. The van der Waals surface area contributed by atoms with Crippen molar-refractivity contribution in [1.29, 1.82) is 0 Å². The molecule has 1 atom stereocenters. The summed E-state index contributed by atoms with van der Waals surface area (Å²) in [6.45, 7) is 1.64. The Kier molecular flexibility index (Phi) is 5.89. The van der Waals surface area contributed by atoms with Crippen LogP contribution in [0, 0.1) is 0 Å². The molecule has 29 heavy (non-hydrogen) atoms. The number of hydrogen-bond acceptors (Lipinski definition) is 4. The van der Waals surface area contributed by atoms with Gasteiger partial charge in [-0.25, -0.2) is 0 Å². The number of hydrogen-bond donors (Lipinski definition) is 1. The Morgan fingerprint density at radius 2 is 1.62 bits per heavy atom. The predicted molar refractivity (Wildman–Crippen MR) is 112 cm³/mol. The molecule has 6 nitrogen and oxygen atoms in total. The number of oxime groups is 1. The van der Waals surface area contributed by atoms with Gasteiger partial charge >= 0.3 is 0 Å². The molecule has 1 fully saturated rings. The van der Waals surface area contributed by atoms with Gasteiger partial charge in [0.15, 0.2) is 6.10 Å². The van der Waals surface area contributed by atoms with Gasteiger partial charge in [0.25, 0.3) is 11.8 Å². The SMILES string of the molecule is O=C(Nc1ccc(C(=O)N2CCCCCC2)cc1)C1=NOC(c2ccccc2)C1. The van der Waals surface area contributed by atoms with Crippen molar-refractivity contribution in [2.24, 2.45) is 5.16 Å². The second-order valence-corrected chi connectivity index (χ2v) is 7.48. The van der Waals surface area contributed by atoms with E-state index in [4.69, 9.17) is 4.84 Å². The van der Waals surface area contributed by atoms with Crippen molar-refractivity contribution in [3.63, 3.8) is 0 Å². The Bertz CT molecular complexity index is 885. The van der Waals surface area contributed by atoms with Crippen LogP contribution in [0.1, 0.15) is 54.1 Å². The maximum Gasteiger partial charge on any atom is 0.273 e. The zero-order chi connectivity index (χ0) is 20.1. The van der Waals surface area contributed by atoms with E-state index in [1.165, 1.54) is 12.8 Å². The number of carbonyl (C=O) groups excluding carboxylic acids is 2. The fourth-order valence-corrected chi connectivity index (χ4v) is 3.71. The van der Waals surface area contributed by atoms with E-state index in [2.05, 4.69) is 10.5 Å². The number of likely N-dealkylation sites (tertiary alicyclic amines) is 1. The molecule has 2 amide bonds. The number of nitrogens with zero attached hydrogens (tertiary/aromatic N) is 2. The second kappa shape index (κ2) is 8.90. The van der Waals surface area contributed by atoms with Crippen LogP contribution < -0.4 is 5.32 Å². The summed E-state index contributed by atoms with van der Waals surface area (Å²) >= 11 is 0. The zero-order valence-corrected chi connectivity index (χ0v) is 16.3. The standard InChI is InChI=1S/C23H25N3O3/c27-22(20-16-21(29-25-20)17-8-4-3-5-9-17)24-19-12-10-18(11-13-19)23(28)26-14-6-1-2-7-15-26/h3-5,8-13,21H,1-2,6-7,14-16H2,(H,24,27). The van der Waals surface area contributed by atoms with Crippen LogP contribution in [0.5, 0.6) is 0 Å². The molecule has 0 aromatic heterocycles. The Morgan fingerprint density at radius 3 is 2.31 bits per heavy atom. The van der Waals surface area contributed by atoms with E-state index in [9.17, 15) is 9.59 Å². The molecule has 2 aromatic carbocycles. The molecular weight excluding hydrogens is 366 g/mol. The van der Waals surface area contributed by atoms with Crippen LogP contribution in [0.4, 0.5) is 5.69 Å².